The monoisotopic (exact) mass is 445 g/mol. The van der Waals surface area contributed by atoms with Gasteiger partial charge in [-0.15, -0.1) is 0 Å². The molecule has 2 aliphatic rings. The molecule has 7 heteroatoms. The lowest BCUT2D eigenvalue weighted by Gasteiger charge is -2.41. The fraction of sp³-hybridized carbons (Fsp3) is 0.385. The average Bonchev–Trinajstić information content (AvgIpc) is 3.11. The lowest BCUT2D eigenvalue weighted by Crippen LogP contribution is -2.51. The summed E-state index contributed by atoms with van der Waals surface area (Å²) >= 11 is 0. The molecule has 2 saturated heterocycles. The maximum atomic E-state index is 13.3. The first-order chi connectivity index (χ1) is 15.9. The molecule has 3 heterocycles. The highest BCUT2D eigenvalue weighted by Crippen LogP contribution is 2.41. The molecule has 1 aromatic heterocycles. The minimum atomic E-state index is -0.139. The van der Waals surface area contributed by atoms with Gasteiger partial charge in [-0.3, -0.25) is 9.36 Å². The first-order valence-corrected chi connectivity index (χ1v) is 11.5. The standard InChI is InChI=1S/C26H31N5O2/c1-17-22(27)26(16-33-17)12-14-31(15-13-26)25-29-23(28)21(24(32)30(25)2)20-10-8-19(9-11-20)18-6-4-3-5-7-18/h3-11,17,22H,12-16,27-28H2,1-2H3/t17-,22+/m0/s1. The highest BCUT2D eigenvalue weighted by molar-refractivity contribution is 5.76. The van der Waals surface area contributed by atoms with E-state index in [1.54, 1.807) is 11.6 Å². The zero-order chi connectivity index (χ0) is 23.2. The second-order valence-corrected chi connectivity index (χ2v) is 9.37. The Morgan fingerprint density at radius 3 is 2.21 bits per heavy atom. The molecule has 2 aromatic carbocycles. The van der Waals surface area contributed by atoms with Crippen LogP contribution in [0.3, 0.4) is 0 Å². The zero-order valence-corrected chi connectivity index (χ0v) is 19.2. The normalized spacial score (nSPS) is 22.1. The van der Waals surface area contributed by atoms with E-state index in [2.05, 4.69) is 22.0 Å². The van der Waals surface area contributed by atoms with Gasteiger partial charge in [-0.1, -0.05) is 54.6 Å². The number of ether oxygens (including phenoxy) is 1. The van der Waals surface area contributed by atoms with Gasteiger partial charge in [0.2, 0.25) is 5.95 Å². The predicted molar refractivity (Wildman–Crippen MR) is 132 cm³/mol. The van der Waals surface area contributed by atoms with E-state index in [4.69, 9.17) is 16.2 Å². The maximum absolute atomic E-state index is 13.3. The Balaban J connectivity index is 1.40. The van der Waals surface area contributed by atoms with Crippen LogP contribution < -0.4 is 21.9 Å². The number of benzene rings is 2. The summed E-state index contributed by atoms with van der Waals surface area (Å²) in [7, 11) is 1.77. The molecule has 0 aliphatic carbocycles. The van der Waals surface area contributed by atoms with Crippen molar-refractivity contribution in [2.24, 2.45) is 18.2 Å². The Morgan fingerprint density at radius 1 is 1.00 bits per heavy atom. The molecule has 7 nitrogen and oxygen atoms in total. The SMILES string of the molecule is C[C@@H]1OCC2(CCN(c3nc(N)c(-c4ccc(-c5ccccc5)cc4)c(=O)n3C)CC2)[C@@H]1N. The molecule has 172 valence electrons. The van der Waals surface area contributed by atoms with Gasteiger partial charge < -0.3 is 21.1 Å². The fourth-order valence-corrected chi connectivity index (χ4v) is 5.25. The summed E-state index contributed by atoms with van der Waals surface area (Å²) in [4.78, 5) is 20.1. The second kappa shape index (κ2) is 8.32. The number of aromatic nitrogens is 2. The molecule has 0 amide bonds. The van der Waals surface area contributed by atoms with Gasteiger partial charge >= 0.3 is 0 Å². The van der Waals surface area contributed by atoms with Crippen molar-refractivity contribution < 1.29 is 4.74 Å². The van der Waals surface area contributed by atoms with Crippen molar-refractivity contribution in [3.05, 3.63) is 65.0 Å². The van der Waals surface area contributed by atoms with Crippen LogP contribution in [0.15, 0.2) is 59.4 Å². The molecule has 3 aromatic rings. The van der Waals surface area contributed by atoms with E-state index in [0.717, 1.165) is 42.6 Å². The van der Waals surface area contributed by atoms with E-state index in [-0.39, 0.29) is 28.9 Å². The molecular formula is C26H31N5O2. The molecule has 4 N–H and O–H groups in total. The van der Waals surface area contributed by atoms with Crippen LogP contribution in [0, 0.1) is 5.41 Å². The third-order valence-electron chi connectivity index (χ3n) is 7.46. The van der Waals surface area contributed by atoms with Crippen LogP contribution in [0.2, 0.25) is 0 Å². The van der Waals surface area contributed by atoms with Crippen LogP contribution in [0.25, 0.3) is 22.3 Å². The topological polar surface area (TPSA) is 99.4 Å². The molecule has 33 heavy (non-hydrogen) atoms. The van der Waals surface area contributed by atoms with Crippen molar-refractivity contribution >= 4 is 11.8 Å². The summed E-state index contributed by atoms with van der Waals surface area (Å²) in [5, 5.41) is 0. The number of nitrogens with two attached hydrogens (primary N) is 2. The predicted octanol–water partition coefficient (Wildman–Crippen LogP) is 3.03. The van der Waals surface area contributed by atoms with Crippen molar-refractivity contribution in [1.82, 2.24) is 9.55 Å². The molecule has 0 radical (unpaired) electrons. The van der Waals surface area contributed by atoms with Crippen molar-refractivity contribution in [3.63, 3.8) is 0 Å². The van der Waals surface area contributed by atoms with Crippen molar-refractivity contribution in [1.29, 1.82) is 0 Å². The van der Waals surface area contributed by atoms with Crippen LogP contribution in [0.4, 0.5) is 11.8 Å². The summed E-state index contributed by atoms with van der Waals surface area (Å²) in [5.41, 5.74) is 16.1. The van der Waals surface area contributed by atoms with Gasteiger partial charge in [0.25, 0.3) is 5.56 Å². The van der Waals surface area contributed by atoms with Crippen molar-refractivity contribution in [3.8, 4) is 22.3 Å². The zero-order valence-electron chi connectivity index (χ0n) is 19.2. The van der Waals surface area contributed by atoms with Crippen molar-refractivity contribution in [2.45, 2.75) is 31.9 Å². The lowest BCUT2D eigenvalue weighted by atomic mass is 9.73. The number of hydrogen-bond donors (Lipinski definition) is 2. The summed E-state index contributed by atoms with van der Waals surface area (Å²) in [6, 6.07) is 18.1. The molecular weight excluding hydrogens is 414 g/mol. The molecule has 2 fully saturated rings. The lowest BCUT2D eigenvalue weighted by molar-refractivity contribution is 0.0973. The summed E-state index contributed by atoms with van der Waals surface area (Å²) in [6.07, 6.45) is 1.91. The van der Waals surface area contributed by atoms with Gasteiger partial charge in [0.15, 0.2) is 0 Å². The molecule has 2 aliphatic heterocycles. The number of rotatable bonds is 3. The van der Waals surface area contributed by atoms with Crippen LogP contribution in [-0.4, -0.2) is 41.4 Å². The summed E-state index contributed by atoms with van der Waals surface area (Å²) in [5.74, 6) is 0.868. The van der Waals surface area contributed by atoms with E-state index >= 15 is 0 Å². The van der Waals surface area contributed by atoms with Crippen LogP contribution in [0.1, 0.15) is 19.8 Å². The Labute approximate surface area is 194 Å². The van der Waals surface area contributed by atoms with Crippen molar-refractivity contribution in [2.75, 3.05) is 30.3 Å². The van der Waals surface area contributed by atoms with Gasteiger partial charge in [0, 0.05) is 31.6 Å². The molecule has 2 atom stereocenters. The number of nitrogens with zero attached hydrogens (tertiary/aromatic N) is 3. The number of nitrogen functional groups attached to an aromatic ring is 1. The largest absolute Gasteiger partial charge is 0.383 e. The number of piperidine rings is 1. The molecule has 0 unspecified atom stereocenters. The van der Waals surface area contributed by atoms with E-state index in [9.17, 15) is 4.79 Å². The van der Waals surface area contributed by atoms with Gasteiger partial charge in [-0.05, 0) is 36.5 Å². The van der Waals surface area contributed by atoms with Crippen LogP contribution in [0.5, 0.6) is 0 Å². The third kappa shape index (κ3) is 3.71. The third-order valence-corrected chi connectivity index (χ3v) is 7.46. The first-order valence-electron chi connectivity index (χ1n) is 11.5. The smallest absolute Gasteiger partial charge is 0.264 e. The average molecular weight is 446 g/mol. The molecule has 5 rings (SSSR count). The highest BCUT2D eigenvalue weighted by atomic mass is 16.5. The minimum absolute atomic E-state index is 0.0147. The van der Waals surface area contributed by atoms with Crippen LogP contribution >= 0.6 is 0 Å². The molecule has 0 bridgehead atoms. The fourth-order valence-electron chi connectivity index (χ4n) is 5.25. The van der Waals surface area contributed by atoms with Gasteiger partial charge in [-0.25, -0.2) is 0 Å². The van der Waals surface area contributed by atoms with Gasteiger partial charge in [0.05, 0.1) is 18.3 Å². The summed E-state index contributed by atoms with van der Waals surface area (Å²) < 4.78 is 7.44. The Hall–Kier alpha value is -3.16. The molecule has 0 saturated carbocycles. The molecule has 1 spiro atoms. The first kappa shape index (κ1) is 21.7. The summed E-state index contributed by atoms with van der Waals surface area (Å²) in [6.45, 7) is 4.29. The number of anilines is 2. The van der Waals surface area contributed by atoms with Crippen LogP contribution in [-0.2, 0) is 11.8 Å². The van der Waals surface area contributed by atoms with Gasteiger partial charge in [-0.2, -0.15) is 4.98 Å². The Bertz CT molecular complexity index is 1200. The van der Waals surface area contributed by atoms with E-state index in [1.807, 2.05) is 49.4 Å². The van der Waals surface area contributed by atoms with E-state index in [1.165, 1.54) is 0 Å². The Kier molecular flexibility index (Phi) is 5.46. The number of hydrogen-bond acceptors (Lipinski definition) is 6. The van der Waals surface area contributed by atoms with E-state index in [0.29, 0.717) is 18.1 Å². The second-order valence-electron chi connectivity index (χ2n) is 9.37. The van der Waals surface area contributed by atoms with E-state index < -0.39 is 0 Å². The minimum Gasteiger partial charge on any atom is -0.383 e. The van der Waals surface area contributed by atoms with Gasteiger partial charge in [0.1, 0.15) is 5.82 Å². The highest BCUT2D eigenvalue weighted by Gasteiger charge is 2.47. The quantitative estimate of drug-likeness (QED) is 0.643. The maximum Gasteiger partial charge on any atom is 0.264 e. The Morgan fingerprint density at radius 2 is 1.61 bits per heavy atom.